The quantitative estimate of drug-likeness (QED) is 0.770. The van der Waals surface area contributed by atoms with Gasteiger partial charge in [-0.15, -0.1) is 0 Å². The van der Waals surface area contributed by atoms with Crippen molar-refractivity contribution in [2.45, 2.75) is 19.5 Å². The molecule has 2 atom stereocenters. The van der Waals surface area contributed by atoms with Crippen LogP contribution in [0, 0.1) is 5.92 Å². The number of hydrogen-bond acceptors (Lipinski definition) is 4. The van der Waals surface area contributed by atoms with Gasteiger partial charge >= 0.3 is 0 Å². The third-order valence-electron chi connectivity index (χ3n) is 4.87. The Hall–Kier alpha value is -2.66. The normalized spacial score (nSPS) is 20.8. The maximum Gasteiger partial charge on any atom is 0.260 e. The summed E-state index contributed by atoms with van der Waals surface area (Å²) in [7, 11) is 0. The summed E-state index contributed by atoms with van der Waals surface area (Å²) in [6.07, 6.45) is 0. The van der Waals surface area contributed by atoms with E-state index in [9.17, 15) is 4.79 Å². The maximum absolute atomic E-state index is 12.2. The van der Waals surface area contributed by atoms with Crippen molar-refractivity contribution in [2.75, 3.05) is 18.4 Å². The van der Waals surface area contributed by atoms with Crippen molar-refractivity contribution in [3.05, 3.63) is 70.5 Å². The standard InChI is InChI=1S/C20H22N4O/c1-14-11-24(12-15-7-3-2-4-8-15)13-18(14)22-20-21-17-10-6-5-9-16(17)19(25)23-20/h2-10,14,18H,11-13H2,1H3,(H2,21,22,23,25). The van der Waals surface area contributed by atoms with E-state index in [0.29, 0.717) is 17.3 Å². The zero-order valence-corrected chi connectivity index (χ0v) is 14.3. The molecular formula is C20H22N4O. The lowest BCUT2D eigenvalue weighted by atomic mass is 10.1. The number of aromatic amines is 1. The van der Waals surface area contributed by atoms with E-state index in [2.05, 4.69) is 51.4 Å². The van der Waals surface area contributed by atoms with Gasteiger partial charge in [-0.05, 0) is 23.6 Å². The number of nitrogens with zero attached hydrogens (tertiary/aromatic N) is 2. The third-order valence-corrected chi connectivity index (χ3v) is 4.87. The van der Waals surface area contributed by atoms with Crippen molar-refractivity contribution >= 4 is 16.9 Å². The highest BCUT2D eigenvalue weighted by molar-refractivity contribution is 5.78. The van der Waals surface area contributed by atoms with E-state index in [-0.39, 0.29) is 11.6 Å². The number of nitrogens with one attached hydrogen (secondary N) is 2. The second-order valence-corrected chi connectivity index (χ2v) is 6.84. The van der Waals surface area contributed by atoms with Crippen molar-refractivity contribution in [1.82, 2.24) is 14.9 Å². The first-order valence-electron chi connectivity index (χ1n) is 8.71. The van der Waals surface area contributed by atoms with Gasteiger partial charge < -0.3 is 5.32 Å². The highest BCUT2D eigenvalue weighted by Crippen LogP contribution is 2.21. The number of anilines is 1. The molecule has 2 unspecified atom stereocenters. The fraction of sp³-hybridized carbons (Fsp3) is 0.300. The summed E-state index contributed by atoms with van der Waals surface area (Å²) in [6, 6.07) is 18.2. The summed E-state index contributed by atoms with van der Waals surface area (Å²) in [5.41, 5.74) is 1.95. The molecule has 3 aromatic rings. The molecule has 1 saturated heterocycles. The average Bonchev–Trinajstić information content (AvgIpc) is 2.95. The first-order chi connectivity index (χ1) is 12.2. The van der Waals surface area contributed by atoms with Crippen LogP contribution in [0.1, 0.15) is 12.5 Å². The van der Waals surface area contributed by atoms with Gasteiger partial charge in [0.1, 0.15) is 0 Å². The van der Waals surface area contributed by atoms with Gasteiger partial charge in [-0.1, -0.05) is 49.4 Å². The van der Waals surface area contributed by atoms with E-state index in [4.69, 9.17) is 0 Å². The molecule has 2 heterocycles. The molecule has 5 nitrogen and oxygen atoms in total. The second kappa shape index (κ2) is 6.69. The van der Waals surface area contributed by atoms with Crippen LogP contribution in [0.5, 0.6) is 0 Å². The van der Waals surface area contributed by atoms with Crippen LogP contribution in [0.4, 0.5) is 5.95 Å². The molecule has 1 aliphatic rings. The number of fused-ring (bicyclic) bond motifs is 1. The van der Waals surface area contributed by atoms with Crippen LogP contribution >= 0.6 is 0 Å². The molecule has 0 bridgehead atoms. The smallest absolute Gasteiger partial charge is 0.260 e. The Morgan fingerprint density at radius 2 is 1.88 bits per heavy atom. The summed E-state index contributed by atoms with van der Waals surface area (Å²) in [5, 5.41) is 4.05. The highest BCUT2D eigenvalue weighted by atomic mass is 16.1. The lowest BCUT2D eigenvalue weighted by Gasteiger charge is -2.17. The summed E-state index contributed by atoms with van der Waals surface area (Å²) in [4.78, 5) is 22.1. The molecule has 25 heavy (non-hydrogen) atoms. The lowest BCUT2D eigenvalue weighted by molar-refractivity contribution is 0.319. The Bertz CT molecular complexity index is 922. The summed E-state index contributed by atoms with van der Waals surface area (Å²) < 4.78 is 0. The van der Waals surface area contributed by atoms with Crippen LogP contribution in [0.3, 0.4) is 0 Å². The number of benzene rings is 2. The Labute approximate surface area is 146 Å². The predicted octanol–water partition coefficient (Wildman–Crippen LogP) is 2.86. The molecule has 1 aromatic heterocycles. The van der Waals surface area contributed by atoms with Crippen LogP contribution in [0.15, 0.2) is 59.4 Å². The maximum atomic E-state index is 12.2. The minimum Gasteiger partial charge on any atom is -0.351 e. The van der Waals surface area contributed by atoms with Crippen LogP contribution in [-0.2, 0) is 6.54 Å². The molecule has 2 N–H and O–H groups in total. The highest BCUT2D eigenvalue weighted by Gasteiger charge is 2.29. The Kier molecular flexibility index (Phi) is 4.24. The van der Waals surface area contributed by atoms with E-state index in [0.717, 1.165) is 25.2 Å². The molecule has 0 saturated carbocycles. The fourth-order valence-electron chi connectivity index (χ4n) is 3.56. The van der Waals surface area contributed by atoms with Crippen LogP contribution in [0.25, 0.3) is 10.9 Å². The fourth-order valence-corrected chi connectivity index (χ4v) is 3.56. The van der Waals surface area contributed by atoms with Crippen molar-refractivity contribution in [1.29, 1.82) is 0 Å². The van der Waals surface area contributed by atoms with Crippen LogP contribution < -0.4 is 10.9 Å². The molecule has 4 rings (SSSR count). The van der Waals surface area contributed by atoms with Crippen LogP contribution in [0.2, 0.25) is 0 Å². The lowest BCUT2D eigenvalue weighted by Crippen LogP contribution is -2.29. The topological polar surface area (TPSA) is 61.0 Å². The average molecular weight is 334 g/mol. The molecule has 1 fully saturated rings. The largest absolute Gasteiger partial charge is 0.351 e. The van der Waals surface area contributed by atoms with Gasteiger partial charge in [-0.3, -0.25) is 14.7 Å². The monoisotopic (exact) mass is 334 g/mol. The van der Waals surface area contributed by atoms with Crippen molar-refractivity contribution in [3.63, 3.8) is 0 Å². The number of hydrogen-bond donors (Lipinski definition) is 2. The van der Waals surface area contributed by atoms with Crippen molar-refractivity contribution < 1.29 is 0 Å². The number of likely N-dealkylation sites (tertiary alicyclic amines) is 1. The van der Waals surface area contributed by atoms with E-state index in [1.54, 1.807) is 6.07 Å². The Morgan fingerprint density at radius 1 is 1.12 bits per heavy atom. The van der Waals surface area contributed by atoms with Gasteiger partial charge in [0.25, 0.3) is 5.56 Å². The van der Waals surface area contributed by atoms with Gasteiger partial charge in [-0.25, -0.2) is 4.98 Å². The van der Waals surface area contributed by atoms with E-state index >= 15 is 0 Å². The van der Waals surface area contributed by atoms with E-state index < -0.39 is 0 Å². The molecular weight excluding hydrogens is 312 g/mol. The number of aromatic nitrogens is 2. The Balaban J connectivity index is 1.48. The van der Waals surface area contributed by atoms with Gasteiger partial charge in [0.05, 0.1) is 10.9 Å². The summed E-state index contributed by atoms with van der Waals surface area (Å²) >= 11 is 0. The van der Waals surface area contributed by atoms with E-state index in [1.807, 2.05) is 24.3 Å². The minimum absolute atomic E-state index is 0.0973. The zero-order chi connectivity index (χ0) is 17.2. The molecule has 0 radical (unpaired) electrons. The zero-order valence-electron chi connectivity index (χ0n) is 14.3. The molecule has 0 amide bonds. The predicted molar refractivity (Wildman–Crippen MR) is 101 cm³/mol. The molecule has 0 aliphatic carbocycles. The number of H-pyrrole nitrogens is 1. The molecule has 5 heteroatoms. The molecule has 2 aromatic carbocycles. The third kappa shape index (κ3) is 3.42. The minimum atomic E-state index is -0.0973. The molecule has 128 valence electrons. The van der Waals surface area contributed by atoms with E-state index in [1.165, 1.54) is 5.56 Å². The summed E-state index contributed by atoms with van der Waals surface area (Å²) in [6.45, 7) is 5.16. The SMILES string of the molecule is CC1CN(Cc2ccccc2)CC1Nc1nc2ccccc2c(=O)[nH]1. The Morgan fingerprint density at radius 3 is 2.72 bits per heavy atom. The van der Waals surface area contributed by atoms with Crippen LogP contribution in [-0.4, -0.2) is 34.0 Å². The number of rotatable bonds is 4. The summed E-state index contributed by atoms with van der Waals surface area (Å²) in [5.74, 6) is 1.04. The van der Waals surface area contributed by atoms with Gasteiger partial charge in [0.2, 0.25) is 5.95 Å². The molecule has 1 aliphatic heterocycles. The van der Waals surface area contributed by atoms with Crippen molar-refractivity contribution in [3.8, 4) is 0 Å². The van der Waals surface area contributed by atoms with Gasteiger partial charge in [0.15, 0.2) is 0 Å². The second-order valence-electron chi connectivity index (χ2n) is 6.84. The van der Waals surface area contributed by atoms with Gasteiger partial charge in [-0.2, -0.15) is 0 Å². The first kappa shape index (κ1) is 15.8. The van der Waals surface area contributed by atoms with Gasteiger partial charge in [0, 0.05) is 25.7 Å². The van der Waals surface area contributed by atoms with Crippen molar-refractivity contribution in [2.24, 2.45) is 5.92 Å². The number of para-hydroxylation sites is 1. The molecule has 0 spiro atoms. The first-order valence-corrected chi connectivity index (χ1v) is 8.71.